The number of hydrogen-bond donors (Lipinski definition) is 2. The lowest BCUT2D eigenvalue weighted by Crippen LogP contribution is -2.38. The number of hydrogen-bond acceptors (Lipinski definition) is 3. The predicted octanol–water partition coefficient (Wildman–Crippen LogP) is 2.46. The minimum Gasteiger partial charge on any atom is -0.474 e. The molecule has 0 radical (unpaired) electrons. The SMILES string of the molecule is CN=C(NCc1ccnc(OC2CCC2)c1)NC1CC1.I. The van der Waals surface area contributed by atoms with E-state index in [9.17, 15) is 0 Å². The Hall–Kier alpha value is -1.05. The maximum Gasteiger partial charge on any atom is 0.213 e. The monoisotopic (exact) mass is 402 g/mol. The maximum absolute atomic E-state index is 5.81. The van der Waals surface area contributed by atoms with Crippen molar-refractivity contribution in [1.29, 1.82) is 0 Å². The second kappa shape index (κ2) is 7.82. The van der Waals surface area contributed by atoms with E-state index in [1.807, 2.05) is 18.3 Å². The molecule has 0 unspecified atom stereocenters. The zero-order valence-corrected chi connectivity index (χ0v) is 14.7. The van der Waals surface area contributed by atoms with Crippen molar-refractivity contribution in [3.8, 4) is 5.88 Å². The molecule has 1 heterocycles. The van der Waals surface area contributed by atoms with Gasteiger partial charge in [0.15, 0.2) is 5.96 Å². The van der Waals surface area contributed by atoms with Crippen molar-refractivity contribution in [2.45, 2.75) is 50.8 Å². The first-order chi connectivity index (χ1) is 9.83. The van der Waals surface area contributed by atoms with Crippen molar-refractivity contribution in [3.63, 3.8) is 0 Å². The van der Waals surface area contributed by atoms with Gasteiger partial charge in [-0.3, -0.25) is 4.99 Å². The highest BCUT2D eigenvalue weighted by Gasteiger charge is 2.22. The summed E-state index contributed by atoms with van der Waals surface area (Å²) in [6.07, 6.45) is 8.25. The van der Waals surface area contributed by atoms with E-state index in [-0.39, 0.29) is 24.0 Å². The van der Waals surface area contributed by atoms with E-state index in [1.54, 1.807) is 7.05 Å². The second-order valence-electron chi connectivity index (χ2n) is 5.52. The molecule has 0 aliphatic heterocycles. The molecule has 0 saturated heterocycles. The quantitative estimate of drug-likeness (QED) is 0.452. The first-order valence-corrected chi connectivity index (χ1v) is 7.42. The van der Waals surface area contributed by atoms with Crippen LogP contribution in [0.2, 0.25) is 0 Å². The molecule has 2 N–H and O–H groups in total. The van der Waals surface area contributed by atoms with E-state index in [0.29, 0.717) is 12.1 Å². The molecule has 2 fully saturated rings. The Balaban J connectivity index is 0.00000161. The highest BCUT2D eigenvalue weighted by Crippen LogP contribution is 2.24. The summed E-state index contributed by atoms with van der Waals surface area (Å²) in [7, 11) is 1.80. The molecule has 0 spiro atoms. The molecule has 2 aliphatic carbocycles. The molecule has 2 saturated carbocycles. The highest BCUT2D eigenvalue weighted by molar-refractivity contribution is 14.0. The van der Waals surface area contributed by atoms with Gasteiger partial charge >= 0.3 is 0 Å². The van der Waals surface area contributed by atoms with Crippen molar-refractivity contribution in [2.24, 2.45) is 4.99 Å². The fraction of sp³-hybridized carbons (Fsp3) is 0.600. The molecule has 116 valence electrons. The summed E-state index contributed by atoms with van der Waals surface area (Å²) in [4.78, 5) is 8.50. The number of ether oxygens (including phenoxy) is 1. The van der Waals surface area contributed by atoms with Gasteiger partial charge in [-0.25, -0.2) is 4.98 Å². The Morgan fingerprint density at radius 1 is 1.38 bits per heavy atom. The number of rotatable bonds is 5. The summed E-state index contributed by atoms with van der Waals surface area (Å²) in [6.45, 7) is 0.732. The predicted molar refractivity (Wildman–Crippen MR) is 94.3 cm³/mol. The van der Waals surface area contributed by atoms with Crippen molar-refractivity contribution in [1.82, 2.24) is 15.6 Å². The Kier molecular flexibility index (Phi) is 6.08. The normalized spacial score (nSPS) is 18.4. The van der Waals surface area contributed by atoms with Gasteiger partial charge in [0.1, 0.15) is 6.10 Å². The number of aliphatic imine (C=N–C) groups is 1. The standard InChI is InChI=1S/C15H22N4O.HI/c1-16-15(19-12-5-6-12)18-10-11-7-8-17-14(9-11)20-13-3-2-4-13;/h7-9,12-13H,2-6,10H2,1H3,(H2,16,18,19);1H. The van der Waals surface area contributed by atoms with Gasteiger partial charge in [-0.05, 0) is 43.7 Å². The summed E-state index contributed by atoms with van der Waals surface area (Å²) in [5.41, 5.74) is 1.16. The van der Waals surface area contributed by atoms with E-state index >= 15 is 0 Å². The molecule has 3 rings (SSSR count). The topological polar surface area (TPSA) is 58.5 Å². The van der Waals surface area contributed by atoms with Crippen LogP contribution in [0.15, 0.2) is 23.3 Å². The van der Waals surface area contributed by atoms with Gasteiger partial charge in [-0.1, -0.05) is 0 Å². The lowest BCUT2D eigenvalue weighted by Gasteiger charge is -2.25. The summed E-state index contributed by atoms with van der Waals surface area (Å²) >= 11 is 0. The third-order valence-electron chi connectivity index (χ3n) is 3.74. The molecule has 1 aromatic heterocycles. The smallest absolute Gasteiger partial charge is 0.213 e. The molecular weight excluding hydrogens is 379 g/mol. The van der Waals surface area contributed by atoms with E-state index in [0.717, 1.165) is 36.8 Å². The lowest BCUT2D eigenvalue weighted by atomic mass is 9.96. The van der Waals surface area contributed by atoms with Gasteiger partial charge in [0, 0.05) is 31.9 Å². The summed E-state index contributed by atoms with van der Waals surface area (Å²) in [5, 5.41) is 6.69. The molecule has 2 aliphatic rings. The first-order valence-electron chi connectivity index (χ1n) is 7.42. The van der Waals surface area contributed by atoms with Crippen molar-refractivity contribution in [2.75, 3.05) is 7.05 Å². The molecular formula is C15H23IN4O. The number of guanidine groups is 1. The van der Waals surface area contributed by atoms with E-state index < -0.39 is 0 Å². The van der Waals surface area contributed by atoms with Gasteiger partial charge in [0.25, 0.3) is 0 Å². The molecule has 21 heavy (non-hydrogen) atoms. The summed E-state index contributed by atoms with van der Waals surface area (Å²) in [5.74, 6) is 1.60. The molecule has 0 atom stereocenters. The molecule has 0 bridgehead atoms. The van der Waals surface area contributed by atoms with Gasteiger partial charge in [-0.15, -0.1) is 24.0 Å². The first kappa shape index (κ1) is 16.3. The van der Waals surface area contributed by atoms with Crippen molar-refractivity contribution < 1.29 is 4.74 Å². The molecule has 5 nitrogen and oxygen atoms in total. The minimum atomic E-state index is 0. The zero-order valence-electron chi connectivity index (χ0n) is 12.3. The number of halogens is 1. The third kappa shape index (κ3) is 5.01. The van der Waals surface area contributed by atoms with Gasteiger partial charge in [0.2, 0.25) is 5.88 Å². The Bertz CT molecular complexity index is 486. The Labute approximate surface area is 143 Å². The van der Waals surface area contributed by atoms with Crippen LogP contribution in [0.5, 0.6) is 5.88 Å². The van der Waals surface area contributed by atoms with Crippen LogP contribution in [0, 0.1) is 0 Å². The number of nitrogens with one attached hydrogen (secondary N) is 2. The Morgan fingerprint density at radius 3 is 2.81 bits per heavy atom. The number of aromatic nitrogens is 1. The minimum absolute atomic E-state index is 0. The molecule has 0 amide bonds. The van der Waals surface area contributed by atoms with Crippen molar-refractivity contribution >= 4 is 29.9 Å². The van der Waals surface area contributed by atoms with E-state index in [1.165, 1.54) is 19.3 Å². The van der Waals surface area contributed by atoms with Crippen LogP contribution in [0.25, 0.3) is 0 Å². The maximum atomic E-state index is 5.81. The number of nitrogens with zero attached hydrogens (tertiary/aromatic N) is 2. The zero-order chi connectivity index (χ0) is 13.8. The van der Waals surface area contributed by atoms with Gasteiger partial charge < -0.3 is 15.4 Å². The Morgan fingerprint density at radius 2 is 2.19 bits per heavy atom. The highest BCUT2D eigenvalue weighted by atomic mass is 127. The molecule has 0 aromatic carbocycles. The van der Waals surface area contributed by atoms with E-state index in [4.69, 9.17) is 4.74 Å². The van der Waals surface area contributed by atoms with Crippen LogP contribution >= 0.6 is 24.0 Å². The van der Waals surface area contributed by atoms with Crippen LogP contribution in [-0.2, 0) is 6.54 Å². The molecule has 6 heteroatoms. The average molecular weight is 402 g/mol. The van der Waals surface area contributed by atoms with Crippen molar-refractivity contribution in [3.05, 3.63) is 23.9 Å². The van der Waals surface area contributed by atoms with Crippen LogP contribution in [-0.4, -0.2) is 30.1 Å². The average Bonchev–Trinajstić information content (AvgIpc) is 3.23. The van der Waals surface area contributed by atoms with Gasteiger partial charge in [0.05, 0.1) is 0 Å². The van der Waals surface area contributed by atoms with Crippen LogP contribution < -0.4 is 15.4 Å². The van der Waals surface area contributed by atoms with Crippen LogP contribution in [0.4, 0.5) is 0 Å². The number of pyridine rings is 1. The largest absolute Gasteiger partial charge is 0.474 e. The third-order valence-corrected chi connectivity index (χ3v) is 3.74. The summed E-state index contributed by atoms with van der Waals surface area (Å²) < 4.78 is 5.81. The van der Waals surface area contributed by atoms with Crippen LogP contribution in [0.1, 0.15) is 37.7 Å². The fourth-order valence-electron chi connectivity index (χ4n) is 2.09. The van der Waals surface area contributed by atoms with Gasteiger partial charge in [-0.2, -0.15) is 0 Å². The van der Waals surface area contributed by atoms with E-state index in [2.05, 4.69) is 20.6 Å². The molecule has 1 aromatic rings. The fourth-order valence-corrected chi connectivity index (χ4v) is 2.09. The summed E-state index contributed by atoms with van der Waals surface area (Å²) in [6, 6.07) is 4.62. The van der Waals surface area contributed by atoms with Crippen LogP contribution in [0.3, 0.4) is 0 Å². The second-order valence-corrected chi connectivity index (χ2v) is 5.52. The lowest BCUT2D eigenvalue weighted by molar-refractivity contribution is 0.114.